The molecule has 340 valence electrons. The van der Waals surface area contributed by atoms with E-state index >= 15 is 4.39 Å². The van der Waals surface area contributed by atoms with Crippen molar-refractivity contribution in [3.8, 4) is 23.3 Å². The molecule has 2 aromatic heterocycles. The number of halogens is 2. The summed E-state index contributed by atoms with van der Waals surface area (Å²) in [6.45, 7) is 10.9. The van der Waals surface area contributed by atoms with Gasteiger partial charge in [-0.25, -0.2) is 22.5 Å². The third-order valence-corrected chi connectivity index (χ3v) is 14.8. The van der Waals surface area contributed by atoms with Crippen LogP contribution >= 0.6 is 11.6 Å². The molecule has 65 heavy (non-hydrogen) atoms. The smallest absolute Gasteiger partial charge is 0.268 e. The summed E-state index contributed by atoms with van der Waals surface area (Å²) in [5.74, 6) is -0.363. The van der Waals surface area contributed by atoms with Crippen molar-refractivity contribution < 1.29 is 31.8 Å². The minimum Gasteiger partial charge on any atom is -0.489 e. The van der Waals surface area contributed by atoms with Crippen LogP contribution in [0, 0.1) is 16.7 Å². The maximum Gasteiger partial charge on any atom is 0.268 e. The number of amides is 1. The van der Waals surface area contributed by atoms with Gasteiger partial charge in [-0.05, 0) is 103 Å². The quantitative estimate of drug-likeness (QED) is 0.117. The lowest BCUT2D eigenvalue weighted by Crippen LogP contribution is -2.55. The fraction of sp³-hybridized carbons (Fsp3) is 0.408. The number of benzene rings is 3. The first-order chi connectivity index (χ1) is 31.2. The second kappa shape index (κ2) is 18.4. The number of piperidine rings is 1. The van der Waals surface area contributed by atoms with E-state index in [0.29, 0.717) is 43.7 Å². The number of pyridine rings is 1. The van der Waals surface area contributed by atoms with Crippen molar-refractivity contribution in [2.24, 2.45) is 5.41 Å². The van der Waals surface area contributed by atoms with E-state index in [1.165, 1.54) is 35.0 Å². The van der Waals surface area contributed by atoms with E-state index in [2.05, 4.69) is 55.4 Å². The van der Waals surface area contributed by atoms with Crippen molar-refractivity contribution in [3.05, 3.63) is 112 Å². The largest absolute Gasteiger partial charge is 0.489 e. The van der Waals surface area contributed by atoms with Crippen molar-refractivity contribution in [2.75, 3.05) is 70.5 Å². The minimum absolute atomic E-state index is 0.0170. The molecule has 4 aliphatic rings. The number of likely N-dealkylation sites (tertiary alicyclic amines) is 1. The van der Waals surface area contributed by atoms with Crippen molar-refractivity contribution >= 4 is 49.8 Å². The molecule has 3 aromatic carbocycles. The summed E-state index contributed by atoms with van der Waals surface area (Å²) < 4.78 is 62.8. The summed E-state index contributed by atoms with van der Waals surface area (Å²) in [4.78, 5) is 28.1. The number of fused-ring (bicyclic) bond motifs is 1. The van der Waals surface area contributed by atoms with Gasteiger partial charge in [0, 0.05) is 74.2 Å². The molecular weight excluding hydrogens is 869 g/mol. The van der Waals surface area contributed by atoms with Crippen LogP contribution in [0.5, 0.6) is 17.2 Å². The Morgan fingerprint density at radius 1 is 0.985 bits per heavy atom. The van der Waals surface area contributed by atoms with Crippen LogP contribution < -0.4 is 19.1 Å². The third-order valence-electron chi connectivity index (χ3n) is 13.3. The highest BCUT2D eigenvalue weighted by atomic mass is 35.5. The molecule has 0 unspecified atom stereocenters. The average molecular weight is 923 g/mol. The Kier molecular flexibility index (Phi) is 12.7. The average Bonchev–Trinajstić information content (AvgIpc) is 3.75. The second-order valence-electron chi connectivity index (χ2n) is 18.4. The molecule has 0 radical (unpaired) electrons. The molecule has 0 spiro atoms. The molecule has 0 bridgehead atoms. The van der Waals surface area contributed by atoms with E-state index < -0.39 is 21.6 Å². The minimum atomic E-state index is -4.50. The predicted octanol–water partition coefficient (Wildman–Crippen LogP) is 8.37. The molecule has 5 heterocycles. The van der Waals surface area contributed by atoms with Crippen LogP contribution in [-0.4, -0.2) is 111 Å². The van der Waals surface area contributed by atoms with Crippen LogP contribution in [0.25, 0.3) is 16.6 Å². The molecule has 0 saturated carbocycles. The van der Waals surface area contributed by atoms with E-state index in [9.17, 15) is 18.5 Å². The van der Waals surface area contributed by atoms with Crippen LogP contribution in [0.4, 0.5) is 10.1 Å². The maximum atomic E-state index is 15.7. The number of nitriles is 1. The Balaban J connectivity index is 0.897. The summed E-state index contributed by atoms with van der Waals surface area (Å²) in [6, 6.07) is 22.9. The van der Waals surface area contributed by atoms with Gasteiger partial charge in [0.1, 0.15) is 41.2 Å². The van der Waals surface area contributed by atoms with Crippen LogP contribution in [0.15, 0.2) is 95.7 Å². The monoisotopic (exact) mass is 921 g/mol. The van der Waals surface area contributed by atoms with Gasteiger partial charge in [0.15, 0.2) is 0 Å². The number of H-pyrrole nitrogens is 1. The highest BCUT2D eigenvalue weighted by Crippen LogP contribution is 2.43. The lowest BCUT2D eigenvalue weighted by atomic mass is 9.72. The van der Waals surface area contributed by atoms with Gasteiger partial charge in [0.2, 0.25) is 0 Å². The zero-order chi connectivity index (χ0) is 45.3. The number of nitrogens with zero attached hydrogens (tertiary/aromatic N) is 5. The Bertz CT molecular complexity index is 2750. The maximum absolute atomic E-state index is 15.7. The van der Waals surface area contributed by atoms with Crippen molar-refractivity contribution in [1.29, 1.82) is 5.26 Å². The van der Waals surface area contributed by atoms with Gasteiger partial charge in [-0.2, -0.15) is 5.26 Å². The van der Waals surface area contributed by atoms with Crippen molar-refractivity contribution in [3.63, 3.8) is 0 Å². The molecule has 13 nitrogen and oxygen atoms in total. The molecule has 3 aliphatic heterocycles. The number of anilines is 1. The number of alkyl halides is 1. The highest BCUT2D eigenvalue weighted by Gasteiger charge is 2.39. The van der Waals surface area contributed by atoms with E-state index in [1.807, 2.05) is 24.3 Å². The lowest BCUT2D eigenvalue weighted by molar-refractivity contribution is -0.0890. The van der Waals surface area contributed by atoms with E-state index in [1.54, 1.807) is 30.5 Å². The van der Waals surface area contributed by atoms with Crippen LogP contribution in [0.3, 0.4) is 0 Å². The molecule has 5 aromatic rings. The van der Waals surface area contributed by atoms with Gasteiger partial charge in [0.05, 0.1) is 41.5 Å². The molecule has 1 aliphatic carbocycles. The number of aromatic amines is 1. The van der Waals surface area contributed by atoms with Gasteiger partial charge in [0.25, 0.3) is 15.9 Å². The number of piperazine rings is 1. The third kappa shape index (κ3) is 10.2. The molecule has 1 amide bonds. The van der Waals surface area contributed by atoms with E-state index in [0.717, 1.165) is 74.1 Å². The molecule has 0 atom stereocenters. The van der Waals surface area contributed by atoms with Gasteiger partial charge in [-0.3, -0.25) is 14.6 Å². The molecular formula is C49H53ClFN7O6S. The van der Waals surface area contributed by atoms with Gasteiger partial charge in [-0.1, -0.05) is 43.2 Å². The van der Waals surface area contributed by atoms with E-state index in [-0.39, 0.29) is 52.4 Å². The number of carbonyl (C=O) groups is 1. The van der Waals surface area contributed by atoms with Crippen molar-refractivity contribution in [1.82, 2.24) is 24.5 Å². The topological polar surface area (TPSA) is 153 Å². The SMILES string of the molecule is CC1(C)CCC(CN2CCN(c3ccc(C(=O)NS(=O)(=O)c4ccc(OCC5(F)CCN(C6COC6)CC5)c(C#N)c4)c(Oc4cnc5[nH]ccc5c4)c3)CC2)=C(c2ccc(Cl)cc2)C1. The Morgan fingerprint density at radius 3 is 2.48 bits per heavy atom. The molecule has 2 N–H and O–H groups in total. The number of sulfonamides is 1. The fourth-order valence-electron chi connectivity index (χ4n) is 9.18. The summed E-state index contributed by atoms with van der Waals surface area (Å²) in [5, 5.41) is 11.5. The van der Waals surface area contributed by atoms with Crippen LogP contribution in [0.1, 0.15) is 67.4 Å². The number of rotatable bonds is 13. The number of carbonyl (C=O) groups excluding carboxylic acids is 1. The molecule has 9 rings (SSSR count). The molecule has 3 fully saturated rings. The first kappa shape index (κ1) is 44.7. The number of ether oxygens (including phenoxy) is 3. The molecule has 3 saturated heterocycles. The van der Waals surface area contributed by atoms with Crippen molar-refractivity contribution in [2.45, 2.75) is 62.6 Å². The zero-order valence-electron chi connectivity index (χ0n) is 36.6. The number of hydrogen-bond donors (Lipinski definition) is 2. The second-order valence-corrected chi connectivity index (χ2v) is 20.6. The summed E-state index contributed by atoms with van der Waals surface area (Å²) in [7, 11) is -4.50. The predicted molar refractivity (Wildman–Crippen MR) is 248 cm³/mol. The summed E-state index contributed by atoms with van der Waals surface area (Å²) in [5.41, 5.74) is 4.11. The standard InChI is InChI=1S/C49H53ClFN7O6S/c1-48(2)13-11-35(43(26-48)33-3-5-37(50)6-4-33)29-56-19-21-58(22-20-56)38-7-9-42(45(25-38)64-40-23-34-12-16-53-46(34)54-28-40)47(59)55-65(60,61)41-8-10-44(36(24-41)27-52)63-32-49(51)14-17-57(18-15-49)39-30-62-31-39/h3-10,12,16,23-25,28,39H,11,13-15,17-22,26,29-32H2,1-2H3,(H,53,54)(H,55,59). The lowest BCUT2D eigenvalue weighted by Gasteiger charge is -2.43. The fourth-order valence-corrected chi connectivity index (χ4v) is 10.3. The normalized spacial score (nSPS) is 19.4. The van der Waals surface area contributed by atoms with E-state index in [4.69, 9.17) is 25.8 Å². The number of aromatic nitrogens is 2. The number of nitrogens with one attached hydrogen (secondary N) is 2. The van der Waals surface area contributed by atoms with Gasteiger partial charge in [-0.15, -0.1) is 0 Å². The first-order valence-electron chi connectivity index (χ1n) is 22.2. The van der Waals surface area contributed by atoms with Gasteiger partial charge < -0.3 is 24.1 Å². The first-order valence-corrected chi connectivity index (χ1v) is 24.0. The highest BCUT2D eigenvalue weighted by molar-refractivity contribution is 7.90. The number of allylic oxidation sites excluding steroid dienone is 1. The Hall–Kier alpha value is -5.50. The Morgan fingerprint density at radius 2 is 1.75 bits per heavy atom. The molecule has 16 heteroatoms. The van der Waals surface area contributed by atoms with Gasteiger partial charge >= 0.3 is 0 Å². The van der Waals surface area contributed by atoms with Crippen LogP contribution in [-0.2, 0) is 14.8 Å². The zero-order valence-corrected chi connectivity index (χ0v) is 38.2. The van der Waals surface area contributed by atoms with Crippen LogP contribution in [0.2, 0.25) is 5.02 Å². The summed E-state index contributed by atoms with van der Waals surface area (Å²) in [6.07, 6.45) is 7.04. The Labute approximate surface area is 384 Å². The number of hydrogen-bond acceptors (Lipinski definition) is 11. The summed E-state index contributed by atoms with van der Waals surface area (Å²) >= 11 is 6.25.